The Morgan fingerprint density at radius 2 is 1.96 bits per heavy atom. The number of piperidine rings is 1. The molecule has 45 heavy (non-hydrogen) atoms. The minimum Gasteiger partial charge on any atom is -0.508 e. The highest BCUT2D eigenvalue weighted by atomic mass is 35.5. The number of amides is 1. The first-order valence-electron chi connectivity index (χ1n) is 15.2. The fraction of sp³-hybridized carbons (Fsp3) is 0.324. The highest BCUT2D eigenvalue weighted by Crippen LogP contribution is 2.43. The molecule has 0 bridgehead atoms. The summed E-state index contributed by atoms with van der Waals surface area (Å²) in [5.74, 6) is -0.707. The minimum atomic E-state index is -0.676. The number of aromatic hydroxyl groups is 1. The third-order valence-electron chi connectivity index (χ3n) is 9.32. The molecular formula is C34H33ClFN5O4. The van der Waals surface area contributed by atoms with Crippen molar-refractivity contribution in [3.8, 4) is 22.8 Å². The second-order valence-electron chi connectivity index (χ2n) is 11.9. The van der Waals surface area contributed by atoms with Gasteiger partial charge in [0, 0.05) is 36.1 Å². The van der Waals surface area contributed by atoms with E-state index in [1.165, 1.54) is 12.1 Å². The summed E-state index contributed by atoms with van der Waals surface area (Å²) in [5, 5.41) is 12.5. The number of imidazole rings is 1. The Kier molecular flexibility index (Phi) is 7.49. The van der Waals surface area contributed by atoms with Crippen LogP contribution in [0.1, 0.15) is 31.7 Å². The lowest BCUT2D eigenvalue weighted by Gasteiger charge is -2.32. The quantitative estimate of drug-likeness (QED) is 0.223. The number of fused-ring (bicyclic) bond motifs is 4. The molecule has 0 radical (unpaired) electrons. The maximum atomic E-state index is 16.9. The first-order valence-corrected chi connectivity index (χ1v) is 15.6. The van der Waals surface area contributed by atoms with Crippen molar-refractivity contribution in [1.82, 2.24) is 24.3 Å². The van der Waals surface area contributed by atoms with Gasteiger partial charge in [-0.1, -0.05) is 42.4 Å². The fourth-order valence-corrected chi connectivity index (χ4v) is 7.26. The van der Waals surface area contributed by atoms with Crippen molar-refractivity contribution in [1.29, 1.82) is 0 Å². The second kappa shape index (κ2) is 11.5. The van der Waals surface area contributed by atoms with Gasteiger partial charge < -0.3 is 24.6 Å². The molecule has 2 N–H and O–H groups in total. The molecule has 2 aromatic heterocycles. The Balaban J connectivity index is 1.44. The van der Waals surface area contributed by atoms with Gasteiger partial charge in [0.1, 0.15) is 23.4 Å². The summed E-state index contributed by atoms with van der Waals surface area (Å²) in [6.07, 6.45) is 4.37. The van der Waals surface area contributed by atoms with E-state index in [4.69, 9.17) is 16.3 Å². The number of ether oxygens (including phenoxy) is 1. The zero-order chi connectivity index (χ0) is 31.4. The van der Waals surface area contributed by atoms with E-state index in [9.17, 15) is 14.7 Å². The maximum Gasteiger partial charge on any atom is 0.326 e. The third kappa shape index (κ3) is 5.02. The topological polar surface area (TPSA) is 104 Å². The first kappa shape index (κ1) is 29.3. The molecule has 5 aromatic rings. The number of benzene rings is 3. The van der Waals surface area contributed by atoms with Gasteiger partial charge in [-0.2, -0.15) is 0 Å². The summed E-state index contributed by atoms with van der Waals surface area (Å²) in [5.41, 5.74) is 1.01. The Morgan fingerprint density at radius 1 is 1.18 bits per heavy atom. The van der Waals surface area contributed by atoms with Crippen LogP contribution in [0, 0.1) is 5.82 Å². The maximum absolute atomic E-state index is 16.9. The molecular weight excluding hydrogens is 597 g/mol. The van der Waals surface area contributed by atoms with E-state index in [0.717, 1.165) is 30.2 Å². The molecule has 0 aliphatic carbocycles. The lowest BCUT2D eigenvalue weighted by Crippen LogP contribution is -2.39. The number of likely N-dealkylation sites (N-methyl/N-ethyl adjacent to an activating group) is 1. The van der Waals surface area contributed by atoms with E-state index in [1.54, 1.807) is 21.6 Å². The summed E-state index contributed by atoms with van der Waals surface area (Å²) in [4.78, 5) is 37.4. The predicted molar refractivity (Wildman–Crippen MR) is 174 cm³/mol. The van der Waals surface area contributed by atoms with Crippen LogP contribution in [0.4, 0.5) is 4.39 Å². The number of halogens is 2. The van der Waals surface area contributed by atoms with Crippen LogP contribution in [0.5, 0.6) is 11.6 Å². The molecule has 7 rings (SSSR count). The second-order valence-corrected chi connectivity index (χ2v) is 12.4. The first-order chi connectivity index (χ1) is 21.7. The van der Waals surface area contributed by atoms with Gasteiger partial charge in [-0.25, -0.2) is 14.2 Å². The van der Waals surface area contributed by atoms with Crippen LogP contribution in [0.3, 0.4) is 0 Å². The number of nitrogens with zero attached hydrogens (tertiary/aromatic N) is 4. The number of carbonyl (C=O) groups excluding carboxylic acids is 1. The lowest BCUT2D eigenvalue weighted by atomic mass is 9.95. The molecule has 11 heteroatoms. The zero-order valence-corrected chi connectivity index (χ0v) is 25.6. The average Bonchev–Trinajstić information content (AvgIpc) is 3.61. The number of H-pyrrole nitrogens is 1. The number of nitrogens with one attached hydrogen (secondary N) is 1. The SMILES string of the molecule is C=CC(=O)N1CCC(n2c(=O)[nH]c3c(OCC4CCCN4C)nc4c(F)c(-c5cc(O)cc6ccccc56)c(Cl)cc4c32)CC1. The minimum absolute atomic E-state index is 0.0103. The Labute approximate surface area is 263 Å². The van der Waals surface area contributed by atoms with Gasteiger partial charge in [0.15, 0.2) is 5.82 Å². The van der Waals surface area contributed by atoms with Gasteiger partial charge in [0.05, 0.1) is 10.5 Å². The Morgan fingerprint density at radius 3 is 2.69 bits per heavy atom. The number of pyridine rings is 1. The van der Waals surface area contributed by atoms with Crippen molar-refractivity contribution in [3.63, 3.8) is 0 Å². The number of hydrogen-bond acceptors (Lipinski definition) is 6. The smallest absolute Gasteiger partial charge is 0.326 e. The fourth-order valence-electron chi connectivity index (χ4n) is 6.96. The molecule has 4 heterocycles. The molecule has 232 valence electrons. The molecule has 2 aliphatic rings. The molecule has 1 unspecified atom stereocenters. The van der Waals surface area contributed by atoms with Crippen LogP contribution in [0.25, 0.3) is 43.8 Å². The van der Waals surface area contributed by atoms with Crippen molar-refractivity contribution < 1.29 is 19.0 Å². The van der Waals surface area contributed by atoms with Crippen LogP contribution < -0.4 is 10.4 Å². The molecule has 2 saturated heterocycles. The molecule has 1 amide bonds. The van der Waals surface area contributed by atoms with E-state index < -0.39 is 5.82 Å². The van der Waals surface area contributed by atoms with E-state index in [2.05, 4.69) is 21.4 Å². The van der Waals surface area contributed by atoms with Gasteiger partial charge in [-0.05, 0) is 79.9 Å². The van der Waals surface area contributed by atoms with E-state index >= 15 is 4.39 Å². The number of rotatable bonds is 6. The zero-order valence-electron chi connectivity index (χ0n) is 24.9. The van der Waals surface area contributed by atoms with E-state index in [0.29, 0.717) is 54.5 Å². The van der Waals surface area contributed by atoms with Crippen LogP contribution in [-0.4, -0.2) is 74.7 Å². The Bertz CT molecular complexity index is 2050. The van der Waals surface area contributed by atoms with Gasteiger partial charge in [-0.3, -0.25) is 9.36 Å². The molecule has 2 aliphatic heterocycles. The molecule has 0 spiro atoms. The van der Waals surface area contributed by atoms with Gasteiger partial charge in [0.25, 0.3) is 0 Å². The number of carbonyl (C=O) groups is 1. The molecule has 9 nitrogen and oxygen atoms in total. The number of aromatic amines is 1. The van der Waals surface area contributed by atoms with Crippen LogP contribution >= 0.6 is 11.6 Å². The van der Waals surface area contributed by atoms with Crippen LogP contribution in [0.15, 0.2) is 59.9 Å². The number of phenolic OH excluding ortho intramolecular Hbond substituents is 1. The third-order valence-corrected chi connectivity index (χ3v) is 9.62. The van der Waals surface area contributed by atoms with Crippen LogP contribution in [-0.2, 0) is 4.79 Å². The summed E-state index contributed by atoms with van der Waals surface area (Å²) in [6, 6.07) is 12.0. The van der Waals surface area contributed by atoms with Crippen LogP contribution in [0.2, 0.25) is 5.02 Å². The molecule has 2 fully saturated rings. The van der Waals surface area contributed by atoms with Gasteiger partial charge >= 0.3 is 5.69 Å². The molecule has 1 atom stereocenters. The van der Waals surface area contributed by atoms with Crippen molar-refractivity contribution in [2.75, 3.05) is 33.3 Å². The largest absolute Gasteiger partial charge is 0.508 e. The van der Waals surface area contributed by atoms with Crippen molar-refractivity contribution in [2.24, 2.45) is 0 Å². The molecule has 3 aromatic carbocycles. The summed E-state index contributed by atoms with van der Waals surface area (Å²) >= 11 is 6.88. The van der Waals surface area contributed by atoms with Gasteiger partial charge in [0.2, 0.25) is 11.8 Å². The summed E-state index contributed by atoms with van der Waals surface area (Å²) in [6.45, 7) is 5.79. The van der Waals surface area contributed by atoms with E-state index in [-0.39, 0.29) is 51.4 Å². The number of likely N-dealkylation sites (tertiary alicyclic amines) is 2. The standard InChI is InChI=1S/C34H33ClFN5O4/c1-3-27(43)40-13-10-20(11-14-40)41-32-25-17-26(35)28(24-16-22(42)15-19-7-4-5-9-23(19)24)29(36)30(25)37-33(31(32)38-34(41)44)45-18-21-8-6-12-39(21)2/h3-5,7,9,15-17,20-21,42H,1,6,8,10-14,18H2,2H3,(H,38,44). The van der Waals surface area contributed by atoms with Crippen molar-refractivity contribution >= 4 is 50.2 Å². The highest BCUT2D eigenvalue weighted by Gasteiger charge is 2.30. The predicted octanol–water partition coefficient (Wildman–Crippen LogP) is 6.02. The normalized spacial score (nSPS) is 17.9. The average molecular weight is 630 g/mol. The number of hydrogen-bond donors (Lipinski definition) is 2. The van der Waals surface area contributed by atoms with Crippen molar-refractivity contribution in [2.45, 2.75) is 37.8 Å². The number of aromatic nitrogens is 3. The highest BCUT2D eigenvalue weighted by molar-refractivity contribution is 6.35. The van der Waals surface area contributed by atoms with E-state index in [1.807, 2.05) is 31.3 Å². The monoisotopic (exact) mass is 629 g/mol. The molecule has 0 saturated carbocycles. The summed E-state index contributed by atoms with van der Waals surface area (Å²) in [7, 11) is 2.04. The van der Waals surface area contributed by atoms with Crippen molar-refractivity contribution in [3.05, 3.63) is 76.4 Å². The lowest BCUT2D eigenvalue weighted by molar-refractivity contribution is -0.127. The van der Waals surface area contributed by atoms with Gasteiger partial charge in [-0.15, -0.1) is 0 Å². The Hall–Kier alpha value is -4.41. The number of phenols is 1. The summed E-state index contributed by atoms with van der Waals surface area (Å²) < 4.78 is 24.8.